The van der Waals surface area contributed by atoms with Crippen LogP contribution in [-0.4, -0.2) is 13.6 Å². The first-order valence-corrected chi connectivity index (χ1v) is 12.0. The molecule has 35 heavy (non-hydrogen) atoms. The number of hydrogen-bond acceptors (Lipinski definition) is 3. The monoisotopic (exact) mass is 449 g/mol. The van der Waals surface area contributed by atoms with Crippen LogP contribution in [0.2, 0.25) is 0 Å². The molecule has 0 radical (unpaired) electrons. The quantitative estimate of drug-likeness (QED) is 0.257. The smallest absolute Gasteiger partial charge is 0.0992 e. The molecule has 0 saturated heterocycles. The molecule has 0 unspecified atom stereocenters. The van der Waals surface area contributed by atoms with Crippen molar-refractivity contribution < 1.29 is 0 Å². The average molecular weight is 450 g/mol. The van der Waals surface area contributed by atoms with E-state index in [0.29, 0.717) is 5.56 Å². The van der Waals surface area contributed by atoms with Gasteiger partial charge >= 0.3 is 0 Å². The minimum Gasteiger partial charge on any atom is -0.344 e. The predicted octanol–water partition coefficient (Wildman–Crippen LogP) is 7.92. The van der Waals surface area contributed by atoms with E-state index in [-0.39, 0.29) is 0 Å². The molecule has 0 amide bonds. The number of fused-ring (bicyclic) bond motifs is 1. The molecule has 0 saturated carbocycles. The second kappa shape index (κ2) is 7.48. The first-order chi connectivity index (χ1) is 17.2. The number of anilines is 4. The lowest BCUT2D eigenvalue weighted by Gasteiger charge is -2.25. The fourth-order valence-electron chi connectivity index (χ4n) is 5.79. The van der Waals surface area contributed by atoms with Gasteiger partial charge in [0, 0.05) is 47.1 Å². The third-order valence-electron chi connectivity index (χ3n) is 7.52. The summed E-state index contributed by atoms with van der Waals surface area (Å²) < 4.78 is 0. The van der Waals surface area contributed by atoms with Crippen molar-refractivity contribution in [1.29, 1.82) is 5.26 Å². The summed E-state index contributed by atoms with van der Waals surface area (Å²) in [5.41, 5.74) is 6.76. The van der Waals surface area contributed by atoms with Gasteiger partial charge < -0.3 is 9.80 Å². The van der Waals surface area contributed by atoms with Crippen molar-refractivity contribution in [3.8, 4) is 6.07 Å². The third kappa shape index (κ3) is 2.90. The van der Waals surface area contributed by atoms with Crippen LogP contribution in [0.5, 0.6) is 0 Å². The van der Waals surface area contributed by atoms with Crippen molar-refractivity contribution in [1.82, 2.24) is 0 Å². The maximum absolute atomic E-state index is 9.46. The highest BCUT2D eigenvalue weighted by Gasteiger charge is 2.24. The minimum atomic E-state index is 0.710. The summed E-state index contributed by atoms with van der Waals surface area (Å²) in [7, 11) is 2.14. The SMILES string of the molecule is CN(c1ccccc1)c1ccc2ccc3c(N4CCc5ccc(C#N)cc54)ccc4ccc1c2c43. The van der Waals surface area contributed by atoms with Crippen molar-refractivity contribution in [3.05, 3.63) is 108 Å². The first kappa shape index (κ1) is 19.9. The predicted molar refractivity (Wildman–Crippen MR) is 147 cm³/mol. The molecule has 1 heterocycles. The third-order valence-corrected chi connectivity index (χ3v) is 7.52. The Morgan fingerprint density at radius 2 is 1.46 bits per heavy atom. The fourth-order valence-corrected chi connectivity index (χ4v) is 5.79. The Hall–Kier alpha value is -4.55. The van der Waals surface area contributed by atoms with Crippen LogP contribution in [0.4, 0.5) is 22.7 Å². The molecule has 0 aromatic heterocycles. The lowest BCUT2D eigenvalue weighted by Crippen LogP contribution is -2.14. The number of nitriles is 1. The Balaban J connectivity index is 1.47. The summed E-state index contributed by atoms with van der Waals surface area (Å²) in [6, 6.07) is 36.9. The molecule has 0 atom stereocenters. The van der Waals surface area contributed by atoms with Gasteiger partial charge in [0.15, 0.2) is 0 Å². The molecule has 0 fully saturated rings. The average Bonchev–Trinajstić information content (AvgIpc) is 3.34. The zero-order valence-corrected chi connectivity index (χ0v) is 19.5. The standard InChI is InChI=1S/C32H23N3/c1-34(25-5-3-2-4-6-25)28-15-11-23-10-14-27-29(16-12-24-9-13-26(28)31(23)32(24)27)35-18-17-22-8-7-21(20-33)19-30(22)35/h2-16,19H,17-18H2,1H3. The van der Waals surface area contributed by atoms with Gasteiger partial charge in [-0.1, -0.05) is 60.7 Å². The maximum atomic E-state index is 9.46. The van der Waals surface area contributed by atoms with Crippen LogP contribution in [0.1, 0.15) is 11.1 Å². The largest absolute Gasteiger partial charge is 0.344 e. The Bertz CT molecular complexity index is 1780. The van der Waals surface area contributed by atoms with Crippen LogP contribution >= 0.6 is 0 Å². The van der Waals surface area contributed by atoms with Crippen LogP contribution < -0.4 is 9.80 Å². The highest BCUT2D eigenvalue weighted by atomic mass is 15.2. The summed E-state index contributed by atoms with van der Waals surface area (Å²) >= 11 is 0. The topological polar surface area (TPSA) is 30.3 Å². The molecule has 3 heteroatoms. The van der Waals surface area contributed by atoms with E-state index in [4.69, 9.17) is 0 Å². The van der Waals surface area contributed by atoms with Gasteiger partial charge in [0.05, 0.1) is 11.6 Å². The van der Waals surface area contributed by atoms with Crippen molar-refractivity contribution in [2.75, 3.05) is 23.4 Å². The molecule has 0 N–H and O–H groups in total. The molecule has 166 valence electrons. The Morgan fingerprint density at radius 1 is 0.743 bits per heavy atom. The van der Waals surface area contributed by atoms with Gasteiger partial charge in [-0.2, -0.15) is 5.26 Å². The summed E-state index contributed by atoms with van der Waals surface area (Å²) in [6.07, 6.45) is 0.995. The van der Waals surface area contributed by atoms with Crippen LogP contribution in [-0.2, 0) is 6.42 Å². The van der Waals surface area contributed by atoms with Crippen LogP contribution in [0.15, 0.2) is 97.1 Å². The van der Waals surface area contributed by atoms with Crippen LogP contribution in [0.25, 0.3) is 32.3 Å². The zero-order valence-electron chi connectivity index (χ0n) is 19.5. The molecular weight excluding hydrogens is 426 g/mol. The first-order valence-electron chi connectivity index (χ1n) is 12.0. The zero-order chi connectivity index (χ0) is 23.5. The van der Waals surface area contributed by atoms with Gasteiger partial charge in [0.25, 0.3) is 0 Å². The molecule has 1 aliphatic heterocycles. The normalized spacial score (nSPS) is 13.0. The van der Waals surface area contributed by atoms with Crippen molar-refractivity contribution in [2.24, 2.45) is 0 Å². The molecule has 7 rings (SSSR count). The van der Waals surface area contributed by atoms with Crippen molar-refractivity contribution >= 4 is 55.1 Å². The highest BCUT2D eigenvalue weighted by Crippen LogP contribution is 2.45. The van der Waals surface area contributed by atoms with E-state index in [0.717, 1.165) is 18.7 Å². The second-order valence-corrected chi connectivity index (χ2v) is 9.34. The van der Waals surface area contributed by atoms with Gasteiger partial charge in [-0.3, -0.25) is 0 Å². The maximum Gasteiger partial charge on any atom is 0.0992 e. The molecule has 0 aliphatic carbocycles. The van der Waals surface area contributed by atoms with E-state index >= 15 is 0 Å². The van der Waals surface area contributed by atoms with E-state index in [1.807, 2.05) is 12.1 Å². The van der Waals surface area contributed by atoms with Crippen LogP contribution in [0, 0.1) is 11.3 Å². The molecular formula is C32H23N3. The highest BCUT2D eigenvalue weighted by molar-refractivity contribution is 6.27. The van der Waals surface area contributed by atoms with E-state index in [1.54, 1.807) is 0 Å². The number of rotatable bonds is 3. The summed E-state index contributed by atoms with van der Waals surface area (Å²) in [5, 5.41) is 17.1. The fraction of sp³-hybridized carbons (Fsp3) is 0.0938. The molecule has 0 spiro atoms. The van der Waals surface area contributed by atoms with E-state index < -0.39 is 0 Å². The van der Waals surface area contributed by atoms with Gasteiger partial charge in [0.1, 0.15) is 0 Å². The minimum absolute atomic E-state index is 0.710. The van der Waals surface area contributed by atoms with Crippen molar-refractivity contribution in [3.63, 3.8) is 0 Å². The number of hydrogen-bond donors (Lipinski definition) is 0. The van der Waals surface area contributed by atoms with E-state index in [9.17, 15) is 5.26 Å². The summed E-state index contributed by atoms with van der Waals surface area (Å²) in [5.74, 6) is 0. The van der Waals surface area contributed by atoms with Gasteiger partial charge in [-0.25, -0.2) is 0 Å². The second-order valence-electron chi connectivity index (χ2n) is 9.34. The molecule has 1 aliphatic rings. The Kier molecular flexibility index (Phi) is 4.25. The van der Waals surface area contributed by atoms with Crippen LogP contribution in [0.3, 0.4) is 0 Å². The molecule has 0 bridgehead atoms. The lowest BCUT2D eigenvalue weighted by molar-refractivity contribution is 1.00. The lowest BCUT2D eigenvalue weighted by atomic mass is 9.92. The molecule has 6 aromatic carbocycles. The van der Waals surface area contributed by atoms with Gasteiger partial charge in [0.2, 0.25) is 0 Å². The summed E-state index contributed by atoms with van der Waals surface area (Å²) in [6.45, 7) is 0.927. The Labute approximate surface area is 204 Å². The van der Waals surface area contributed by atoms with Gasteiger partial charge in [-0.15, -0.1) is 0 Å². The van der Waals surface area contributed by atoms with Gasteiger partial charge in [-0.05, 0) is 69.9 Å². The molecule has 6 aromatic rings. The Morgan fingerprint density at radius 3 is 2.26 bits per heavy atom. The molecule has 3 nitrogen and oxygen atoms in total. The van der Waals surface area contributed by atoms with E-state index in [1.165, 1.54) is 54.9 Å². The summed E-state index contributed by atoms with van der Waals surface area (Å²) in [4.78, 5) is 4.66. The van der Waals surface area contributed by atoms with E-state index in [2.05, 4.69) is 108 Å². The number of benzene rings is 6. The van der Waals surface area contributed by atoms with Crippen molar-refractivity contribution in [2.45, 2.75) is 6.42 Å². The number of nitrogens with zero attached hydrogens (tertiary/aromatic N) is 3. The number of para-hydroxylation sites is 1.